The third kappa shape index (κ3) is 10.2. The standard InChI is InChI=1S/C39H52O2/c1-3-5-6-7-8-10-14-31-19-25-36(26-20-31)37-27-29-38(30-28-37)41-39(40)33(4-2)18-13-15-32-21-23-35(24-22-32)34-16-11-9-12-17-34/h9,11-12,16-17,21-24,27-31,33,36H,3-8,10,13-15,18-20,25-26H2,1-2H3/t31-,33?,36-. The highest BCUT2D eigenvalue weighted by atomic mass is 16.5. The van der Waals surface area contributed by atoms with E-state index in [4.69, 9.17) is 4.74 Å². The normalized spacial score (nSPS) is 17.7. The van der Waals surface area contributed by atoms with Gasteiger partial charge in [-0.2, -0.15) is 0 Å². The Hall–Kier alpha value is -2.87. The molecule has 1 aliphatic carbocycles. The van der Waals surface area contributed by atoms with E-state index in [1.807, 2.05) is 18.2 Å². The first-order valence-corrected chi connectivity index (χ1v) is 16.6. The summed E-state index contributed by atoms with van der Waals surface area (Å²) in [5, 5.41) is 0. The molecule has 0 saturated heterocycles. The fourth-order valence-electron chi connectivity index (χ4n) is 6.54. The van der Waals surface area contributed by atoms with Crippen molar-refractivity contribution in [2.75, 3.05) is 0 Å². The van der Waals surface area contributed by atoms with Crippen LogP contribution in [-0.4, -0.2) is 5.97 Å². The molecule has 1 saturated carbocycles. The summed E-state index contributed by atoms with van der Waals surface area (Å²) >= 11 is 0. The number of ether oxygens (including phenoxy) is 1. The first-order valence-electron chi connectivity index (χ1n) is 16.6. The molecular formula is C39H52O2. The molecule has 4 rings (SSSR count). The predicted octanol–water partition coefficient (Wildman–Crippen LogP) is 11.3. The molecule has 0 bridgehead atoms. The van der Waals surface area contributed by atoms with E-state index in [2.05, 4.69) is 74.5 Å². The van der Waals surface area contributed by atoms with Crippen LogP contribution in [0.15, 0.2) is 78.9 Å². The van der Waals surface area contributed by atoms with Gasteiger partial charge in [-0.05, 0) is 97.6 Å². The Labute approximate surface area is 249 Å². The second kappa shape index (κ2) is 17.2. The highest BCUT2D eigenvalue weighted by Crippen LogP contribution is 2.38. The molecule has 2 nitrogen and oxygen atoms in total. The molecule has 1 unspecified atom stereocenters. The zero-order valence-corrected chi connectivity index (χ0v) is 25.7. The lowest BCUT2D eigenvalue weighted by Crippen LogP contribution is -2.20. The van der Waals surface area contributed by atoms with E-state index in [9.17, 15) is 4.79 Å². The number of rotatable bonds is 16. The van der Waals surface area contributed by atoms with Gasteiger partial charge in [0.15, 0.2) is 0 Å². The van der Waals surface area contributed by atoms with Gasteiger partial charge in [0.05, 0.1) is 5.92 Å². The Morgan fingerprint density at radius 1 is 0.732 bits per heavy atom. The topological polar surface area (TPSA) is 26.3 Å². The molecule has 0 aliphatic heterocycles. The Balaban J connectivity index is 1.15. The lowest BCUT2D eigenvalue weighted by Gasteiger charge is -2.29. The molecule has 0 aromatic heterocycles. The van der Waals surface area contributed by atoms with E-state index in [1.54, 1.807) is 0 Å². The maximum atomic E-state index is 12.9. The highest BCUT2D eigenvalue weighted by molar-refractivity contribution is 5.75. The van der Waals surface area contributed by atoms with Gasteiger partial charge in [0, 0.05) is 0 Å². The summed E-state index contributed by atoms with van der Waals surface area (Å²) in [6.45, 7) is 4.38. The quantitative estimate of drug-likeness (QED) is 0.100. The third-order valence-electron chi connectivity index (χ3n) is 9.29. The van der Waals surface area contributed by atoms with Crippen LogP contribution in [0.2, 0.25) is 0 Å². The lowest BCUT2D eigenvalue weighted by atomic mass is 9.77. The Morgan fingerprint density at radius 3 is 2.07 bits per heavy atom. The first-order chi connectivity index (χ1) is 20.2. The van der Waals surface area contributed by atoms with E-state index >= 15 is 0 Å². The van der Waals surface area contributed by atoms with Crippen molar-refractivity contribution in [1.82, 2.24) is 0 Å². The van der Waals surface area contributed by atoms with Crippen molar-refractivity contribution in [3.63, 3.8) is 0 Å². The lowest BCUT2D eigenvalue weighted by molar-refractivity contribution is -0.139. The van der Waals surface area contributed by atoms with Crippen molar-refractivity contribution in [3.8, 4) is 16.9 Å². The average molecular weight is 553 g/mol. The van der Waals surface area contributed by atoms with Crippen molar-refractivity contribution < 1.29 is 9.53 Å². The highest BCUT2D eigenvalue weighted by Gasteiger charge is 2.23. The van der Waals surface area contributed by atoms with Crippen LogP contribution >= 0.6 is 0 Å². The molecule has 220 valence electrons. The Morgan fingerprint density at radius 2 is 1.39 bits per heavy atom. The minimum atomic E-state index is -0.0881. The largest absolute Gasteiger partial charge is 0.426 e. The zero-order chi connectivity index (χ0) is 28.7. The van der Waals surface area contributed by atoms with Crippen LogP contribution in [-0.2, 0) is 11.2 Å². The summed E-state index contributed by atoms with van der Waals surface area (Å²) in [4.78, 5) is 12.9. The summed E-state index contributed by atoms with van der Waals surface area (Å²) < 4.78 is 5.83. The molecule has 0 amide bonds. The second-order valence-electron chi connectivity index (χ2n) is 12.3. The monoisotopic (exact) mass is 552 g/mol. The van der Waals surface area contributed by atoms with E-state index in [-0.39, 0.29) is 11.9 Å². The first kappa shape index (κ1) is 31.1. The summed E-state index contributed by atoms with van der Waals surface area (Å²) in [6.07, 6.45) is 18.8. The van der Waals surface area contributed by atoms with Gasteiger partial charge in [0.25, 0.3) is 0 Å². The van der Waals surface area contributed by atoms with Crippen LogP contribution in [0.3, 0.4) is 0 Å². The maximum Gasteiger partial charge on any atom is 0.314 e. The van der Waals surface area contributed by atoms with E-state index < -0.39 is 0 Å². The SMILES string of the molecule is CCCCCCCC[C@H]1CC[C@H](c2ccc(OC(=O)C(CC)CCCc3ccc(-c4ccccc4)cc3)cc2)CC1. The number of carbonyl (C=O) groups is 1. The molecular weight excluding hydrogens is 500 g/mol. The Kier molecular flexibility index (Phi) is 13.0. The van der Waals surface area contributed by atoms with Gasteiger partial charge in [-0.25, -0.2) is 0 Å². The number of esters is 1. The second-order valence-corrected chi connectivity index (χ2v) is 12.3. The fourth-order valence-corrected chi connectivity index (χ4v) is 6.54. The number of hydrogen-bond acceptors (Lipinski definition) is 2. The fraction of sp³-hybridized carbons (Fsp3) is 0.513. The molecule has 1 atom stereocenters. The average Bonchev–Trinajstić information content (AvgIpc) is 3.02. The van der Waals surface area contributed by atoms with Crippen LogP contribution < -0.4 is 4.74 Å². The van der Waals surface area contributed by atoms with Gasteiger partial charge in [0.2, 0.25) is 0 Å². The minimum absolute atomic E-state index is 0.0554. The van der Waals surface area contributed by atoms with Crippen LogP contribution in [0.25, 0.3) is 11.1 Å². The summed E-state index contributed by atoms with van der Waals surface area (Å²) in [5.74, 6) is 2.13. The summed E-state index contributed by atoms with van der Waals surface area (Å²) in [6, 6.07) is 27.7. The predicted molar refractivity (Wildman–Crippen MR) is 173 cm³/mol. The summed E-state index contributed by atoms with van der Waals surface area (Å²) in [5.41, 5.74) is 5.21. The van der Waals surface area contributed by atoms with E-state index in [0.717, 1.165) is 31.6 Å². The van der Waals surface area contributed by atoms with Crippen molar-refractivity contribution in [1.29, 1.82) is 0 Å². The third-order valence-corrected chi connectivity index (χ3v) is 9.29. The van der Waals surface area contributed by atoms with Crippen molar-refractivity contribution in [2.45, 2.75) is 116 Å². The van der Waals surface area contributed by atoms with Crippen LogP contribution in [0.1, 0.15) is 121 Å². The van der Waals surface area contributed by atoms with Gasteiger partial charge >= 0.3 is 5.97 Å². The molecule has 0 heterocycles. The van der Waals surface area contributed by atoms with Crippen molar-refractivity contribution >= 4 is 5.97 Å². The molecule has 0 N–H and O–H groups in total. The van der Waals surface area contributed by atoms with Gasteiger partial charge in [0.1, 0.15) is 5.75 Å². The van der Waals surface area contributed by atoms with Gasteiger partial charge in [-0.3, -0.25) is 4.79 Å². The van der Waals surface area contributed by atoms with Crippen LogP contribution in [0.5, 0.6) is 5.75 Å². The zero-order valence-electron chi connectivity index (χ0n) is 25.7. The Bertz CT molecular complexity index is 1120. The van der Waals surface area contributed by atoms with Crippen molar-refractivity contribution in [2.24, 2.45) is 11.8 Å². The summed E-state index contributed by atoms with van der Waals surface area (Å²) in [7, 11) is 0. The van der Waals surface area contributed by atoms with Crippen LogP contribution in [0, 0.1) is 11.8 Å². The smallest absolute Gasteiger partial charge is 0.314 e. The molecule has 0 radical (unpaired) electrons. The van der Waals surface area contributed by atoms with Crippen molar-refractivity contribution in [3.05, 3.63) is 90.0 Å². The van der Waals surface area contributed by atoms with Gasteiger partial charge in [-0.1, -0.05) is 126 Å². The maximum absolute atomic E-state index is 12.9. The number of unbranched alkanes of at least 4 members (excludes halogenated alkanes) is 5. The molecule has 41 heavy (non-hydrogen) atoms. The molecule has 2 heteroatoms. The van der Waals surface area contributed by atoms with Gasteiger partial charge < -0.3 is 4.74 Å². The number of aryl methyl sites for hydroxylation is 1. The number of carbonyl (C=O) groups excluding carboxylic acids is 1. The van der Waals surface area contributed by atoms with E-state index in [0.29, 0.717) is 11.7 Å². The molecule has 1 aliphatic rings. The number of hydrogen-bond donors (Lipinski definition) is 0. The van der Waals surface area contributed by atoms with Gasteiger partial charge in [-0.15, -0.1) is 0 Å². The van der Waals surface area contributed by atoms with E-state index in [1.165, 1.54) is 92.9 Å². The molecule has 3 aromatic carbocycles. The number of benzene rings is 3. The molecule has 3 aromatic rings. The molecule has 1 fully saturated rings. The molecule has 0 spiro atoms. The minimum Gasteiger partial charge on any atom is -0.426 e. The van der Waals surface area contributed by atoms with Crippen LogP contribution in [0.4, 0.5) is 0 Å².